The molecule has 1 amide bonds. The molecule has 0 radical (unpaired) electrons. The fourth-order valence-corrected chi connectivity index (χ4v) is 3.18. The molecule has 2 rings (SSSR count). The van der Waals surface area contributed by atoms with Crippen molar-refractivity contribution in [2.75, 3.05) is 23.8 Å². The Labute approximate surface area is 137 Å². The van der Waals surface area contributed by atoms with Crippen molar-refractivity contribution in [3.63, 3.8) is 0 Å². The topological polar surface area (TPSA) is 32.3 Å². The first-order valence-corrected chi connectivity index (χ1v) is 8.37. The molecule has 0 saturated heterocycles. The second-order valence-corrected chi connectivity index (χ2v) is 6.56. The first kappa shape index (κ1) is 16.6. The summed E-state index contributed by atoms with van der Waals surface area (Å²) < 4.78 is 29.0. The summed E-state index contributed by atoms with van der Waals surface area (Å²) in [6.45, 7) is 1.75. The zero-order valence-electron chi connectivity index (χ0n) is 12.3. The lowest BCUT2D eigenvalue weighted by Crippen LogP contribution is -2.37. The molecule has 0 saturated carbocycles. The summed E-state index contributed by atoms with van der Waals surface area (Å²) in [5, 5.41) is 2.66. The molecule has 3 atom stereocenters. The Kier molecular flexibility index (Phi) is 5.19. The number of hydrogen-bond acceptors (Lipinski definition) is 2. The average Bonchev–Trinajstić information content (AvgIpc) is 2.75. The number of carbonyl (C=O) groups excluding carboxylic acids is 1. The maximum Gasteiger partial charge on any atom is 0.241 e. The van der Waals surface area contributed by atoms with Crippen LogP contribution in [0, 0.1) is 11.7 Å². The summed E-state index contributed by atoms with van der Waals surface area (Å²) in [4.78, 5) is 13.8. The largest absolute Gasteiger partial charge is 0.325 e. The summed E-state index contributed by atoms with van der Waals surface area (Å²) in [5.41, 5.74) is 1.15. The van der Waals surface area contributed by atoms with E-state index in [0.29, 0.717) is 27.7 Å². The molecule has 6 heteroatoms. The van der Waals surface area contributed by atoms with Gasteiger partial charge in [-0.1, -0.05) is 22.6 Å². The van der Waals surface area contributed by atoms with Gasteiger partial charge >= 0.3 is 0 Å². The number of likely N-dealkylation sites (N-methyl/N-ethyl adjacent to an activating group) is 1. The maximum absolute atomic E-state index is 14.3. The van der Waals surface area contributed by atoms with E-state index in [4.69, 9.17) is 0 Å². The highest BCUT2D eigenvalue weighted by atomic mass is 127. The molecule has 3 nitrogen and oxygen atoms in total. The van der Waals surface area contributed by atoms with Gasteiger partial charge in [-0.05, 0) is 50.7 Å². The van der Waals surface area contributed by atoms with E-state index in [9.17, 15) is 13.6 Å². The second kappa shape index (κ2) is 6.56. The van der Waals surface area contributed by atoms with Gasteiger partial charge in [0.2, 0.25) is 5.91 Å². The first-order chi connectivity index (χ1) is 9.85. The van der Waals surface area contributed by atoms with Gasteiger partial charge < -0.3 is 5.32 Å². The fourth-order valence-electron chi connectivity index (χ4n) is 2.42. The van der Waals surface area contributed by atoms with Gasteiger partial charge in [-0.25, -0.2) is 8.78 Å². The van der Waals surface area contributed by atoms with Gasteiger partial charge in [0.1, 0.15) is 12.0 Å². The van der Waals surface area contributed by atoms with Gasteiger partial charge in [0.05, 0.1) is 6.04 Å². The molecule has 21 heavy (non-hydrogen) atoms. The summed E-state index contributed by atoms with van der Waals surface area (Å²) >= 11 is 2.12. The van der Waals surface area contributed by atoms with Crippen molar-refractivity contribution >= 4 is 34.2 Å². The number of benzene rings is 1. The highest BCUT2D eigenvalue weighted by Gasteiger charge is 2.34. The monoisotopic (exact) mass is 408 g/mol. The fraction of sp³-hybridized carbons (Fsp3) is 0.533. The minimum absolute atomic E-state index is 0.179. The predicted octanol–water partition coefficient (Wildman–Crippen LogP) is 3.33. The van der Waals surface area contributed by atoms with Gasteiger partial charge in [-0.3, -0.25) is 9.69 Å². The number of nitrogens with zero attached hydrogens (tertiary/aromatic N) is 1. The summed E-state index contributed by atoms with van der Waals surface area (Å²) in [6, 6.07) is 2.50. The van der Waals surface area contributed by atoms with Crippen LogP contribution in [0.2, 0.25) is 0 Å². The van der Waals surface area contributed by atoms with Gasteiger partial charge in [0.15, 0.2) is 0 Å². The van der Waals surface area contributed by atoms with Crippen LogP contribution < -0.4 is 5.32 Å². The molecule has 116 valence electrons. The van der Waals surface area contributed by atoms with Crippen molar-refractivity contribution in [3.8, 4) is 0 Å². The number of fused-ring (bicyclic) bond motifs is 1. The number of halogens is 3. The SMILES string of the molecule is C[C@H](C(=O)Nc1cc(F)c2c(c1)C(F)C(CI)C2)N(C)C. The van der Waals surface area contributed by atoms with Gasteiger partial charge in [-0.15, -0.1) is 0 Å². The van der Waals surface area contributed by atoms with Crippen molar-refractivity contribution in [2.24, 2.45) is 5.92 Å². The number of hydrogen-bond donors (Lipinski definition) is 1. The standard InChI is InChI=1S/C15H19F2IN2O/c1-8(20(2)3)15(21)19-10-5-12-11(13(16)6-10)4-9(7-18)14(12)17/h5-6,8-9,14H,4,7H2,1-3H3,(H,19,21)/t8-,9?,14?/m1/s1. The minimum Gasteiger partial charge on any atom is -0.325 e. The minimum atomic E-state index is -1.16. The molecule has 0 bridgehead atoms. The third-order valence-electron chi connectivity index (χ3n) is 4.03. The van der Waals surface area contributed by atoms with Gasteiger partial charge in [-0.2, -0.15) is 0 Å². The summed E-state index contributed by atoms with van der Waals surface area (Å²) in [7, 11) is 3.58. The molecule has 1 aromatic rings. The van der Waals surface area contributed by atoms with Crippen LogP contribution in [0.1, 0.15) is 24.2 Å². The number of alkyl halides is 2. The van der Waals surface area contributed by atoms with E-state index >= 15 is 0 Å². The van der Waals surface area contributed by atoms with E-state index in [1.165, 1.54) is 6.07 Å². The van der Waals surface area contributed by atoms with E-state index < -0.39 is 12.0 Å². The summed E-state index contributed by atoms with van der Waals surface area (Å²) in [6.07, 6.45) is -0.734. The van der Waals surface area contributed by atoms with Crippen LogP contribution in [0.4, 0.5) is 14.5 Å². The van der Waals surface area contributed by atoms with E-state index in [1.807, 2.05) is 0 Å². The van der Waals surface area contributed by atoms with Crippen LogP contribution in [0.3, 0.4) is 0 Å². The third kappa shape index (κ3) is 3.36. The Bertz CT molecular complexity index is 551. The number of nitrogens with one attached hydrogen (secondary N) is 1. The van der Waals surface area contributed by atoms with Crippen LogP contribution in [0.15, 0.2) is 12.1 Å². The van der Waals surface area contributed by atoms with Crippen molar-refractivity contribution in [1.29, 1.82) is 0 Å². The van der Waals surface area contributed by atoms with E-state index in [2.05, 4.69) is 27.9 Å². The van der Waals surface area contributed by atoms with Crippen molar-refractivity contribution in [1.82, 2.24) is 4.90 Å². The molecule has 1 aliphatic rings. The van der Waals surface area contributed by atoms with Crippen LogP contribution in [-0.4, -0.2) is 35.4 Å². The van der Waals surface area contributed by atoms with Crippen molar-refractivity contribution < 1.29 is 13.6 Å². The molecule has 1 aromatic carbocycles. The molecule has 0 spiro atoms. The number of carbonyl (C=O) groups is 1. The van der Waals surface area contributed by atoms with Crippen LogP contribution in [0.25, 0.3) is 0 Å². The summed E-state index contributed by atoms with van der Waals surface area (Å²) in [5.74, 6) is -0.852. The Morgan fingerprint density at radius 2 is 2.19 bits per heavy atom. The van der Waals surface area contributed by atoms with Crippen molar-refractivity contribution in [3.05, 3.63) is 29.1 Å². The predicted molar refractivity (Wildman–Crippen MR) is 88.1 cm³/mol. The number of anilines is 1. The smallest absolute Gasteiger partial charge is 0.241 e. The molecule has 0 aliphatic heterocycles. The Morgan fingerprint density at radius 3 is 2.76 bits per heavy atom. The van der Waals surface area contributed by atoms with Crippen LogP contribution >= 0.6 is 22.6 Å². The van der Waals surface area contributed by atoms with Crippen LogP contribution in [-0.2, 0) is 11.2 Å². The lowest BCUT2D eigenvalue weighted by atomic mass is 10.1. The van der Waals surface area contributed by atoms with E-state index in [0.717, 1.165) is 0 Å². The molecule has 1 N–H and O–H groups in total. The average molecular weight is 408 g/mol. The lowest BCUT2D eigenvalue weighted by molar-refractivity contribution is -0.119. The lowest BCUT2D eigenvalue weighted by Gasteiger charge is -2.19. The maximum atomic E-state index is 14.3. The van der Waals surface area contributed by atoms with Gasteiger partial charge in [0.25, 0.3) is 0 Å². The molecule has 2 unspecified atom stereocenters. The molecule has 0 aromatic heterocycles. The zero-order valence-corrected chi connectivity index (χ0v) is 14.4. The van der Waals surface area contributed by atoms with Crippen molar-refractivity contribution in [2.45, 2.75) is 25.6 Å². The second-order valence-electron chi connectivity index (χ2n) is 5.67. The normalized spacial score (nSPS) is 22.2. The third-order valence-corrected chi connectivity index (χ3v) is 5.16. The highest BCUT2D eigenvalue weighted by Crippen LogP contribution is 2.42. The van der Waals surface area contributed by atoms with E-state index in [-0.39, 0.29) is 17.9 Å². The molecular weight excluding hydrogens is 389 g/mol. The number of amides is 1. The molecular formula is C15H19F2IN2O. The first-order valence-electron chi connectivity index (χ1n) is 6.84. The molecule has 1 aliphatic carbocycles. The number of rotatable bonds is 4. The Hall–Kier alpha value is -0.760. The highest BCUT2D eigenvalue weighted by molar-refractivity contribution is 14.1. The molecule has 0 heterocycles. The van der Waals surface area contributed by atoms with Crippen LogP contribution in [0.5, 0.6) is 0 Å². The Morgan fingerprint density at radius 1 is 1.52 bits per heavy atom. The zero-order chi connectivity index (χ0) is 15.7. The quantitative estimate of drug-likeness (QED) is 0.613. The molecule has 0 fully saturated rings. The van der Waals surface area contributed by atoms with E-state index in [1.54, 1.807) is 32.0 Å². The Balaban J connectivity index is 2.24. The van der Waals surface area contributed by atoms with Gasteiger partial charge in [0, 0.05) is 16.0 Å².